The lowest BCUT2D eigenvalue weighted by atomic mass is 10.1. The molecule has 4 rings (SSSR count). The fourth-order valence-electron chi connectivity index (χ4n) is 3.96. The second-order valence-electron chi connectivity index (χ2n) is 9.38. The van der Waals surface area contributed by atoms with E-state index in [1.54, 1.807) is 7.11 Å². The zero-order valence-electron chi connectivity index (χ0n) is 19.6. The van der Waals surface area contributed by atoms with Crippen LogP contribution in [0.5, 0.6) is 17.2 Å². The van der Waals surface area contributed by atoms with Crippen molar-refractivity contribution in [2.75, 3.05) is 33.3 Å². The number of fused-ring (bicyclic) bond motifs is 2. The molecule has 170 valence electrons. The number of amides is 2. The van der Waals surface area contributed by atoms with Crippen molar-refractivity contribution >= 4 is 17.6 Å². The summed E-state index contributed by atoms with van der Waals surface area (Å²) < 4.78 is 11.7. The van der Waals surface area contributed by atoms with Gasteiger partial charge in [0.25, 0.3) is 0 Å². The Hall–Kier alpha value is -3.22. The van der Waals surface area contributed by atoms with Gasteiger partial charge in [0.1, 0.15) is 23.0 Å². The lowest BCUT2D eigenvalue weighted by molar-refractivity contribution is 0.191. The molecule has 2 aromatic rings. The molecule has 0 spiro atoms. The summed E-state index contributed by atoms with van der Waals surface area (Å²) in [7, 11) is 1.65. The molecule has 2 aliphatic rings. The summed E-state index contributed by atoms with van der Waals surface area (Å²) in [6.45, 7) is 10.9. The molecule has 0 aromatic heterocycles. The van der Waals surface area contributed by atoms with Crippen molar-refractivity contribution in [2.45, 2.75) is 39.7 Å². The van der Waals surface area contributed by atoms with Crippen molar-refractivity contribution in [2.24, 2.45) is 4.99 Å². The Labute approximate surface area is 190 Å². The molecule has 2 aromatic carbocycles. The van der Waals surface area contributed by atoms with Crippen molar-refractivity contribution < 1.29 is 14.3 Å². The number of amidine groups is 1. The molecule has 1 saturated heterocycles. The Balaban J connectivity index is 1.66. The molecule has 0 radical (unpaired) electrons. The predicted octanol–water partition coefficient (Wildman–Crippen LogP) is 4.70. The van der Waals surface area contributed by atoms with Crippen LogP contribution in [0.1, 0.15) is 38.3 Å². The first-order chi connectivity index (χ1) is 15.2. The Morgan fingerprint density at radius 2 is 1.88 bits per heavy atom. The van der Waals surface area contributed by atoms with E-state index in [4.69, 9.17) is 14.5 Å². The number of carbonyl (C=O) groups is 1. The summed E-state index contributed by atoms with van der Waals surface area (Å²) in [4.78, 5) is 21.9. The highest BCUT2D eigenvalue weighted by molar-refractivity contribution is 6.04. The molecule has 0 saturated carbocycles. The summed E-state index contributed by atoms with van der Waals surface area (Å²) in [5.41, 5.74) is 2.58. The van der Waals surface area contributed by atoms with Crippen molar-refractivity contribution in [3.8, 4) is 17.2 Å². The van der Waals surface area contributed by atoms with E-state index < -0.39 is 0 Å². The fraction of sp³-hybridized carbons (Fsp3) is 0.440. The topological polar surface area (TPSA) is 66.4 Å². The van der Waals surface area contributed by atoms with Crippen LogP contribution in [0.2, 0.25) is 0 Å². The zero-order valence-corrected chi connectivity index (χ0v) is 19.6. The van der Waals surface area contributed by atoms with Gasteiger partial charge < -0.3 is 24.6 Å². The number of nitrogens with one attached hydrogen (secondary N) is 1. The average molecular weight is 437 g/mol. The number of ether oxygens (including phenoxy) is 2. The van der Waals surface area contributed by atoms with Gasteiger partial charge in [-0.15, -0.1) is 0 Å². The number of aliphatic imine (C=N–C) groups is 1. The van der Waals surface area contributed by atoms with Gasteiger partial charge >= 0.3 is 6.03 Å². The third-order valence-corrected chi connectivity index (χ3v) is 5.56. The quantitative estimate of drug-likeness (QED) is 0.704. The molecule has 2 aliphatic heterocycles. The summed E-state index contributed by atoms with van der Waals surface area (Å²) in [5, 5.41) is 3.07. The number of hydrogen-bond acceptors (Lipinski definition) is 5. The van der Waals surface area contributed by atoms with Crippen LogP contribution < -0.4 is 14.8 Å². The van der Waals surface area contributed by atoms with Gasteiger partial charge in [-0.2, -0.15) is 0 Å². The molecule has 2 amide bonds. The van der Waals surface area contributed by atoms with Gasteiger partial charge in [0.2, 0.25) is 0 Å². The number of aryl methyl sites for hydroxylation is 1. The van der Waals surface area contributed by atoms with E-state index in [1.807, 2.05) is 69.0 Å². The van der Waals surface area contributed by atoms with Gasteiger partial charge in [-0.05, 0) is 63.9 Å². The molecular formula is C25H32N4O3. The van der Waals surface area contributed by atoms with Gasteiger partial charge in [-0.1, -0.05) is 6.07 Å². The van der Waals surface area contributed by atoms with E-state index in [1.165, 1.54) is 0 Å². The van der Waals surface area contributed by atoms with Gasteiger partial charge in [0, 0.05) is 37.8 Å². The van der Waals surface area contributed by atoms with E-state index in [2.05, 4.69) is 10.2 Å². The lowest BCUT2D eigenvalue weighted by Gasteiger charge is -2.28. The first kappa shape index (κ1) is 22.0. The second kappa shape index (κ2) is 8.73. The number of nitrogens with zero attached hydrogens (tertiary/aromatic N) is 3. The highest BCUT2D eigenvalue weighted by atomic mass is 16.5. The minimum atomic E-state index is -0.258. The highest BCUT2D eigenvalue weighted by Crippen LogP contribution is 2.40. The summed E-state index contributed by atoms with van der Waals surface area (Å²) in [6, 6.07) is 11.9. The minimum Gasteiger partial charge on any atom is -0.497 e. The summed E-state index contributed by atoms with van der Waals surface area (Å²) >= 11 is 0. The molecule has 7 heteroatoms. The standard InChI is InChI=1S/C25H32N4O3/c1-17-7-10-20-22(15-17)32-21-16-18(31-5)8-9-19(21)23(26-20)28-11-6-12-29(14-13-28)24(30)27-25(2,3)4/h7-10,15-16H,6,11-14H2,1-5H3,(H,27,30). The van der Waals surface area contributed by atoms with E-state index in [0.29, 0.717) is 19.6 Å². The minimum absolute atomic E-state index is 0.0172. The van der Waals surface area contributed by atoms with Crippen LogP contribution in [0.3, 0.4) is 0 Å². The number of rotatable bonds is 1. The normalized spacial score (nSPS) is 16.1. The summed E-state index contributed by atoms with van der Waals surface area (Å²) in [6.07, 6.45) is 0.865. The van der Waals surface area contributed by atoms with E-state index in [-0.39, 0.29) is 11.6 Å². The first-order valence-electron chi connectivity index (χ1n) is 11.1. The van der Waals surface area contributed by atoms with E-state index >= 15 is 0 Å². The Morgan fingerprint density at radius 1 is 1.06 bits per heavy atom. The van der Waals surface area contributed by atoms with E-state index in [9.17, 15) is 4.79 Å². The first-order valence-corrected chi connectivity index (χ1v) is 11.1. The molecule has 2 heterocycles. The van der Waals surface area contributed by atoms with Crippen LogP contribution in [0.4, 0.5) is 10.5 Å². The highest BCUT2D eigenvalue weighted by Gasteiger charge is 2.27. The zero-order chi connectivity index (χ0) is 22.9. The van der Waals surface area contributed by atoms with Crippen molar-refractivity contribution in [3.05, 3.63) is 47.5 Å². The number of methoxy groups -OCH3 is 1. The molecular weight excluding hydrogens is 404 g/mol. The van der Waals surface area contributed by atoms with Gasteiger partial charge in [0.05, 0.1) is 12.7 Å². The Morgan fingerprint density at radius 3 is 2.62 bits per heavy atom. The molecule has 1 fully saturated rings. The van der Waals surface area contributed by atoms with Crippen LogP contribution >= 0.6 is 0 Å². The Kier molecular flexibility index (Phi) is 6.00. The predicted molar refractivity (Wildman–Crippen MR) is 126 cm³/mol. The van der Waals surface area contributed by atoms with Crippen LogP contribution in [0.25, 0.3) is 0 Å². The van der Waals surface area contributed by atoms with Crippen molar-refractivity contribution in [1.82, 2.24) is 15.1 Å². The lowest BCUT2D eigenvalue weighted by Crippen LogP contribution is -2.49. The summed E-state index contributed by atoms with van der Waals surface area (Å²) in [5.74, 6) is 3.05. The van der Waals surface area contributed by atoms with Gasteiger partial charge in [-0.3, -0.25) is 0 Å². The number of urea groups is 1. The SMILES string of the molecule is COc1ccc2c(c1)Oc1cc(C)ccc1N=C2N1CCCN(C(=O)NC(C)(C)C)CC1. The van der Waals surface area contributed by atoms with Crippen LogP contribution in [-0.2, 0) is 0 Å². The smallest absolute Gasteiger partial charge is 0.317 e. The maximum absolute atomic E-state index is 12.7. The van der Waals surface area contributed by atoms with Gasteiger partial charge in [0.15, 0.2) is 5.75 Å². The Bertz CT molecular complexity index is 1040. The van der Waals surface area contributed by atoms with Crippen LogP contribution in [0, 0.1) is 6.92 Å². The molecule has 1 N–H and O–H groups in total. The number of hydrogen-bond donors (Lipinski definition) is 1. The number of benzene rings is 2. The third kappa shape index (κ3) is 4.82. The molecule has 7 nitrogen and oxygen atoms in total. The molecule has 0 aliphatic carbocycles. The fourth-order valence-corrected chi connectivity index (χ4v) is 3.96. The van der Waals surface area contributed by atoms with Crippen LogP contribution in [0.15, 0.2) is 41.4 Å². The molecule has 0 bridgehead atoms. The molecule has 0 atom stereocenters. The monoisotopic (exact) mass is 436 g/mol. The average Bonchev–Trinajstić information content (AvgIpc) is 3.06. The third-order valence-electron chi connectivity index (χ3n) is 5.56. The van der Waals surface area contributed by atoms with Crippen molar-refractivity contribution in [1.29, 1.82) is 0 Å². The second-order valence-corrected chi connectivity index (χ2v) is 9.38. The van der Waals surface area contributed by atoms with E-state index in [0.717, 1.165) is 52.9 Å². The molecule has 0 unspecified atom stereocenters. The molecule has 32 heavy (non-hydrogen) atoms. The maximum atomic E-state index is 12.7. The number of carbonyl (C=O) groups excluding carboxylic acids is 1. The van der Waals surface area contributed by atoms with Crippen LogP contribution in [-0.4, -0.2) is 60.5 Å². The maximum Gasteiger partial charge on any atom is 0.317 e. The van der Waals surface area contributed by atoms with Gasteiger partial charge in [-0.25, -0.2) is 9.79 Å². The largest absolute Gasteiger partial charge is 0.497 e. The van der Waals surface area contributed by atoms with Crippen molar-refractivity contribution in [3.63, 3.8) is 0 Å².